The van der Waals surface area contributed by atoms with E-state index in [0.29, 0.717) is 24.7 Å². The van der Waals surface area contributed by atoms with Gasteiger partial charge in [0.15, 0.2) is 18.3 Å². The first-order chi connectivity index (χ1) is 12.4. The maximum atomic E-state index is 11.4. The summed E-state index contributed by atoms with van der Waals surface area (Å²) < 4.78 is 20.9. The van der Waals surface area contributed by atoms with E-state index in [0.717, 1.165) is 5.56 Å². The maximum absolute atomic E-state index is 11.4. The van der Waals surface area contributed by atoms with Crippen LogP contribution in [-0.2, 0) is 25.5 Å². The average molecular weight is 370 g/mol. The number of benzene rings is 1. The van der Waals surface area contributed by atoms with Crippen LogP contribution in [0.5, 0.6) is 11.5 Å². The van der Waals surface area contributed by atoms with Crippen molar-refractivity contribution in [3.63, 3.8) is 0 Å². The van der Waals surface area contributed by atoms with Gasteiger partial charge >= 0.3 is 11.9 Å². The second-order valence-corrected chi connectivity index (χ2v) is 5.86. The molecule has 26 heavy (non-hydrogen) atoms. The predicted octanol–water partition coefficient (Wildman–Crippen LogP) is 2.05. The summed E-state index contributed by atoms with van der Waals surface area (Å²) in [7, 11) is 3.06. The maximum Gasteiger partial charge on any atom is 0.306 e. The molecule has 0 aliphatic carbocycles. The molecule has 0 fully saturated rings. The summed E-state index contributed by atoms with van der Waals surface area (Å²) in [5.41, 5.74) is 0.722. The molecule has 0 radical (unpaired) electrons. The molecule has 2 unspecified atom stereocenters. The molecule has 0 aromatic heterocycles. The van der Waals surface area contributed by atoms with Crippen molar-refractivity contribution < 1.29 is 38.7 Å². The summed E-state index contributed by atoms with van der Waals surface area (Å²) >= 11 is 0. The number of carboxylic acids is 2. The Kier molecular flexibility index (Phi) is 9.46. The summed E-state index contributed by atoms with van der Waals surface area (Å²) in [6, 6.07) is 5.09. The normalized spacial score (nSPS) is 13.0. The quantitative estimate of drug-likeness (QED) is 0.401. The fraction of sp³-hybridized carbons (Fsp3) is 0.556. The van der Waals surface area contributed by atoms with Crippen LogP contribution in [0.3, 0.4) is 0 Å². The van der Waals surface area contributed by atoms with Gasteiger partial charge in [0.1, 0.15) is 0 Å². The molecular formula is C18H26O8. The molecule has 8 nitrogen and oxygen atoms in total. The van der Waals surface area contributed by atoms with Gasteiger partial charge in [0.05, 0.1) is 32.2 Å². The van der Waals surface area contributed by atoms with Crippen molar-refractivity contribution in [2.45, 2.75) is 19.8 Å². The van der Waals surface area contributed by atoms with E-state index >= 15 is 0 Å². The average Bonchev–Trinajstić information content (AvgIpc) is 2.61. The van der Waals surface area contributed by atoms with Crippen LogP contribution in [0.1, 0.15) is 18.9 Å². The molecule has 0 spiro atoms. The molecule has 1 rings (SSSR count). The van der Waals surface area contributed by atoms with E-state index in [1.54, 1.807) is 25.3 Å². The van der Waals surface area contributed by atoms with Crippen molar-refractivity contribution in [3.8, 4) is 11.5 Å². The first-order valence-electron chi connectivity index (χ1n) is 8.21. The first kappa shape index (κ1) is 21.7. The first-order valence-corrected chi connectivity index (χ1v) is 8.21. The minimum absolute atomic E-state index is 0.0347. The number of carboxylic acid groups (broad SMARTS) is 2. The van der Waals surface area contributed by atoms with Crippen molar-refractivity contribution in [2.75, 3.05) is 34.2 Å². The molecule has 2 N–H and O–H groups in total. The van der Waals surface area contributed by atoms with Gasteiger partial charge in [-0.05, 0) is 30.5 Å². The Morgan fingerprint density at radius 2 is 1.81 bits per heavy atom. The van der Waals surface area contributed by atoms with Crippen LogP contribution in [0.25, 0.3) is 0 Å². The lowest BCUT2D eigenvalue weighted by Gasteiger charge is -2.16. The van der Waals surface area contributed by atoms with E-state index in [1.165, 1.54) is 14.0 Å². The Hall–Kier alpha value is -2.32. The molecule has 0 heterocycles. The van der Waals surface area contributed by atoms with Crippen molar-refractivity contribution in [1.82, 2.24) is 0 Å². The van der Waals surface area contributed by atoms with Crippen LogP contribution in [0.2, 0.25) is 0 Å². The minimum atomic E-state index is -1.02. The van der Waals surface area contributed by atoms with Gasteiger partial charge in [-0.25, -0.2) is 0 Å². The zero-order chi connectivity index (χ0) is 19.5. The second kappa shape index (κ2) is 11.3. The Bertz CT molecular complexity index is 587. The van der Waals surface area contributed by atoms with Crippen molar-refractivity contribution in [3.05, 3.63) is 23.8 Å². The van der Waals surface area contributed by atoms with Crippen LogP contribution in [0.4, 0.5) is 0 Å². The third-order valence-electron chi connectivity index (χ3n) is 3.85. The molecule has 1 aromatic rings. The number of carbonyl (C=O) groups is 2. The van der Waals surface area contributed by atoms with Gasteiger partial charge in [0.2, 0.25) is 0 Å². The monoisotopic (exact) mass is 370 g/mol. The summed E-state index contributed by atoms with van der Waals surface area (Å²) in [6.07, 6.45) is 0.256. The van der Waals surface area contributed by atoms with E-state index in [4.69, 9.17) is 24.1 Å². The summed E-state index contributed by atoms with van der Waals surface area (Å²) in [5.74, 6) is -2.64. The molecular weight excluding hydrogens is 344 g/mol. The summed E-state index contributed by atoms with van der Waals surface area (Å²) in [4.78, 5) is 22.4. The highest BCUT2D eigenvalue weighted by Crippen LogP contribution is 2.30. The third kappa shape index (κ3) is 7.28. The highest BCUT2D eigenvalue weighted by Gasteiger charge is 2.24. The smallest absolute Gasteiger partial charge is 0.306 e. The fourth-order valence-electron chi connectivity index (χ4n) is 2.35. The Morgan fingerprint density at radius 3 is 2.38 bits per heavy atom. The van der Waals surface area contributed by atoms with Gasteiger partial charge in [0, 0.05) is 7.11 Å². The van der Waals surface area contributed by atoms with Crippen LogP contribution in [0.15, 0.2) is 18.2 Å². The zero-order valence-corrected chi connectivity index (χ0v) is 15.3. The minimum Gasteiger partial charge on any atom is -0.493 e. The van der Waals surface area contributed by atoms with Gasteiger partial charge in [-0.15, -0.1) is 0 Å². The molecule has 146 valence electrons. The molecule has 0 bridgehead atoms. The van der Waals surface area contributed by atoms with Gasteiger partial charge in [-0.2, -0.15) is 0 Å². The van der Waals surface area contributed by atoms with Crippen LogP contribution < -0.4 is 9.47 Å². The lowest BCUT2D eigenvalue weighted by atomic mass is 9.90. The second-order valence-electron chi connectivity index (χ2n) is 5.86. The zero-order valence-electron chi connectivity index (χ0n) is 15.3. The molecule has 0 saturated carbocycles. The van der Waals surface area contributed by atoms with Gasteiger partial charge in [0.25, 0.3) is 0 Å². The number of hydrogen-bond donors (Lipinski definition) is 2. The molecule has 1 aromatic carbocycles. The van der Waals surface area contributed by atoms with Crippen molar-refractivity contribution in [2.24, 2.45) is 11.8 Å². The number of ether oxygens (including phenoxy) is 4. The summed E-state index contributed by atoms with van der Waals surface area (Å²) in [5, 5.41) is 18.3. The van der Waals surface area contributed by atoms with Crippen LogP contribution in [-0.4, -0.2) is 56.4 Å². The molecule has 0 aliphatic heterocycles. The molecule has 0 amide bonds. The van der Waals surface area contributed by atoms with Crippen molar-refractivity contribution >= 4 is 11.9 Å². The SMILES string of the molecule is COCCOCOc1ccc(CC(CC(C)C(=O)O)C(=O)O)cc1OC. The number of rotatable bonds is 13. The van der Waals surface area contributed by atoms with E-state index in [1.807, 2.05) is 0 Å². The largest absolute Gasteiger partial charge is 0.493 e. The highest BCUT2D eigenvalue weighted by molar-refractivity contribution is 5.73. The van der Waals surface area contributed by atoms with Crippen LogP contribution >= 0.6 is 0 Å². The number of hydrogen-bond acceptors (Lipinski definition) is 6. The van der Waals surface area contributed by atoms with E-state index in [9.17, 15) is 14.7 Å². The number of aliphatic carboxylic acids is 2. The topological polar surface area (TPSA) is 112 Å². The third-order valence-corrected chi connectivity index (χ3v) is 3.85. The highest BCUT2D eigenvalue weighted by atomic mass is 16.7. The summed E-state index contributed by atoms with van der Waals surface area (Å²) in [6.45, 7) is 2.40. The van der Waals surface area contributed by atoms with Gasteiger partial charge in [-0.1, -0.05) is 13.0 Å². The van der Waals surface area contributed by atoms with E-state index in [-0.39, 0.29) is 19.6 Å². The Labute approximate surface area is 152 Å². The van der Waals surface area contributed by atoms with Gasteiger partial charge in [-0.3, -0.25) is 9.59 Å². The van der Waals surface area contributed by atoms with Crippen LogP contribution in [0, 0.1) is 11.8 Å². The Balaban J connectivity index is 2.74. The number of methoxy groups -OCH3 is 2. The molecule has 0 aliphatic rings. The van der Waals surface area contributed by atoms with E-state index in [2.05, 4.69) is 0 Å². The van der Waals surface area contributed by atoms with E-state index < -0.39 is 23.8 Å². The molecule has 8 heteroatoms. The lowest BCUT2D eigenvalue weighted by Crippen LogP contribution is -2.22. The predicted molar refractivity (Wildman–Crippen MR) is 92.6 cm³/mol. The van der Waals surface area contributed by atoms with Gasteiger partial charge < -0.3 is 29.2 Å². The molecule has 0 saturated heterocycles. The van der Waals surface area contributed by atoms with Crippen molar-refractivity contribution in [1.29, 1.82) is 0 Å². The lowest BCUT2D eigenvalue weighted by molar-refractivity contribution is -0.145. The standard InChI is InChI=1S/C18H26O8/c1-12(17(19)20)8-14(18(21)22)9-13-4-5-15(16(10-13)24-3)26-11-25-7-6-23-2/h4-5,10,12,14H,6-9,11H2,1-3H3,(H,19,20)(H,21,22). The fourth-order valence-corrected chi connectivity index (χ4v) is 2.35. The Morgan fingerprint density at radius 1 is 1.08 bits per heavy atom. The molecule has 2 atom stereocenters.